The molecule has 3 aromatic rings. The van der Waals surface area contributed by atoms with Crippen molar-refractivity contribution in [2.45, 2.75) is 31.9 Å². The van der Waals surface area contributed by atoms with Gasteiger partial charge < -0.3 is 0 Å². The number of alkyl halides is 3. The number of hydrogen-bond donors (Lipinski definition) is 0. The highest BCUT2D eigenvalue weighted by Crippen LogP contribution is 2.38. The van der Waals surface area contributed by atoms with Crippen LogP contribution in [0.2, 0.25) is 15.2 Å². The van der Waals surface area contributed by atoms with Gasteiger partial charge in [-0.25, -0.2) is 4.98 Å². The van der Waals surface area contributed by atoms with Crippen LogP contribution in [0.1, 0.15) is 45.1 Å². The first-order valence-electron chi connectivity index (χ1n) is 9.84. The number of benzene rings is 1. The Morgan fingerprint density at radius 1 is 1.03 bits per heavy atom. The average molecular weight is 514 g/mol. The zero-order valence-electron chi connectivity index (χ0n) is 17.3. The number of rotatable bonds is 7. The second kappa shape index (κ2) is 10.7. The molecule has 0 amide bonds. The Bertz CT molecular complexity index is 1160. The number of allylic oxidation sites excluding steroid dienone is 1. The fourth-order valence-electron chi connectivity index (χ4n) is 3.28. The molecule has 0 spiro atoms. The largest absolute Gasteiger partial charge is 0.399 e. The molecule has 1 atom stereocenters. The topological polar surface area (TPSA) is 42.9 Å². The van der Waals surface area contributed by atoms with Crippen LogP contribution in [0, 0.1) is 6.92 Å². The first kappa shape index (κ1) is 25.2. The number of carbonyl (C=O) groups excluding carboxylic acids is 1. The van der Waals surface area contributed by atoms with Crippen LogP contribution in [0.25, 0.3) is 6.08 Å². The van der Waals surface area contributed by atoms with Crippen molar-refractivity contribution in [2.24, 2.45) is 0 Å². The molecular weight excluding hydrogens is 496 g/mol. The molecule has 0 radical (unpaired) electrons. The second-order valence-corrected chi connectivity index (χ2v) is 8.69. The molecule has 0 aliphatic carbocycles. The minimum absolute atomic E-state index is 0.0654. The van der Waals surface area contributed by atoms with Crippen molar-refractivity contribution < 1.29 is 18.0 Å². The number of halogens is 6. The third-order valence-electron chi connectivity index (χ3n) is 4.87. The van der Waals surface area contributed by atoms with Gasteiger partial charge in [0.05, 0.1) is 5.92 Å². The lowest BCUT2D eigenvalue weighted by Gasteiger charge is -2.18. The maximum Gasteiger partial charge on any atom is 0.399 e. The summed E-state index contributed by atoms with van der Waals surface area (Å²) in [5.41, 5.74) is 2.09. The lowest BCUT2D eigenvalue weighted by atomic mass is 9.97. The molecular formula is C24H18Cl3F3N2O. The van der Waals surface area contributed by atoms with E-state index in [-0.39, 0.29) is 33.5 Å². The summed E-state index contributed by atoms with van der Waals surface area (Å²) in [5, 5.41) is 0.613. The molecule has 33 heavy (non-hydrogen) atoms. The third kappa shape index (κ3) is 7.03. The molecule has 3 nitrogen and oxygen atoms in total. The third-order valence-corrected chi connectivity index (χ3v) is 5.53. The summed E-state index contributed by atoms with van der Waals surface area (Å²) >= 11 is 17.5. The number of nitrogens with zero attached hydrogens (tertiary/aromatic N) is 2. The highest BCUT2D eigenvalue weighted by molar-refractivity contribution is 6.34. The summed E-state index contributed by atoms with van der Waals surface area (Å²) in [6.07, 6.45) is 1.47. The number of aryl methyl sites for hydroxylation is 2. The number of pyridine rings is 2. The molecule has 2 heterocycles. The van der Waals surface area contributed by atoms with Crippen LogP contribution < -0.4 is 0 Å². The summed E-state index contributed by atoms with van der Waals surface area (Å²) in [6.45, 7) is 1.69. The van der Waals surface area contributed by atoms with E-state index >= 15 is 0 Å². The van der Waals surface area contributed by atoms with Gasteiger partial charge in [0.25, 0.3) is 0 Å². The van der Waals surface area contributed by atoms with E-state index in [0.29, 0.717) is 22.7 Å². The van der Waals surface area contributed by atoms with Crippen molar-refractivity contribution >= 4 is 46.7 Å². The van der Waals surface area contributed by atoms with Gasteiger partial charge >= 0.3 is 6.18 Å². The van der Waals surface area contributed by atoms with Gasteiger partial charge in [-0.3, -0.25) is 9.78 Å². The molecule has 0 aliphatic heterocycles. The molecule has 1 unspecified atom stereocenters. The van der Waals surface area contributed by atoms with Gasteiger partial charge in [0.15, 0.2) is 5.78 Å². The predicted molar refractivity (Wildman–Crippen MR) is 125 cm³/mol. The molecule has 9 heteroatoms. The van der Waals surface area contributed by atoms with Gasteiger partial charge in [-0.05, 0) is 65.9 Å². The molecule has 2 aromatic heterocycles. The SMILES string of the molecule is Cc1cc(/C=C/C(c2cc(Cl)cc(Cl)c2)C(F)(F)F)cnc1C(=O)CCc1ccc(Cl)nc1. The van der Waals surface area contributed by atoms with Gasteiger partial charge in [-0.15, -0.1) is 0 Å². The first-order chi connectivity index (χ1) is 15.5. The Balaban J connectivity index is 1.76. The van der Waals surface area contributed by atoms with Gasteiger partial charge in [0, 0.05) is 28.9 Å². The van der Waals surface area contributed by atoms with E-state index in [2.05, 4.69) is 9.97 Å². The molecule has 0 saturated heterocycles. The summed E-state index contributed by atoms with van der Waals surface area (Å²) in [4.78, 5) is 20.7. The van der Waals surface area contributed by atoms with Crippen LogP contribution in [-0.4, -0.2) is 21.9 Å². The van der Waals surface area contributed by atoms with Crippen molar-refractivity contribution in [2.75, 3.05) is 0 Å². The zero-order valence-corrected chi connectivity index (χ0v) is 19.6. The molecule has 0 fully saturated rings. The average Bonchev–Trinajstić information content (AvgIpc) is 2.71. The second-order valence-electron chi connectivity index (χ2n) is 7.43. The monoisotopic (exact) mass is 512 g/mol. The molecule has 0 N–H and O–H groups in total. The van der Waals surface area contributed by atoms with Crippen molar-refractivity contribution in [3.8, 4) is 0 Å². The lowest BCUT2D eigenvalue weighted by Crippen LogP contribution is -2.19. The van der Waals surface area contributed by atoms with E-state index in [1.54, 1.807) is 31.3 Å². The van der Waals surface area contributed by atoms with E-state index in [1.807, 2.05) is 0 Å². The van der Waals surface area contributed by atoms with Gasteiger partial charge in [0.1, 0.15) is 10.8 Å². The van der Waals surface area contributed by atoms with Crippen molar-refractivity contribution in [3.05, 3.63) is 98.0 Å². The number of carbonyl (C=O) groups is 1. The van der Waals surface area contributed by atoms with E-state index in [1.165, 1.54) is 30.5 Å². The fraction of sp³-hybridized carbons (Fsp3) is 0.208. The molecule has 0 saturated carbocycles. The van der Waals surface area contributed by atoms with E-state index < -0.39 is 12.1 Å². The summed E-state index contributed by atoms with van der Waals surface area (Å²) in [7, 11) is 0. The Hall–Kier alpha value is -2.41. The number of Topliss-reactive ketones (excluding diaryl/α,β-unsaturated/α-hetero) is 1. The highest BCUT2D eigenvalue weighted by atomic mass is 35.5. The summed E-state index contributed by atoms with van der Waals surface area (Å²) in [5.74, 6) is -2.07. The number of ketones is 1. The Kier molecular flexibility index (Phi) is 8.16. The van der Waals surface area contributed by atoms with Crippen molar-refractivity contribution in [3.63, 3.8) is 0 Å². The maximum atomic E-state index is 13.7. The quantitative estimate of drug-likeness (QED) is 0.238. The minimum Gasteiger partial charge on any atom is -0.292 e. The van der Waals surface area contributed by atoms with Gasteiger partial charge in [0.2, 0.25) is 0 Å². The molecule has 3 rings (SSSR count). The van der Waals surface area contributed by atoms with Gasteiger partial charge in [-0.1, -0.05) is 53.0 Å². The smallest absolute Gasteiger partial charge is 0.292 e. The van der Waals surface area contributed by atoms with E-state index in [0.717, 1.165) is 11.6 Å². The lowest BCUT2D eigenvalue weighted by molar-refractivity contribution is -0.139. The Morgan fingerprint density at radius 2 is 1.73 bits per heavy atom. The van der Waals surface area contributed by atoms with E-state index in [4.69, 9.17) is 34.8 Å². The molecule has 0 bridgehead atoms. The summed E-state index contributed by atoms with van der Waals surface area (Å²) < 4.78 is 41.0. The van der Waals surface area contributed by atoms with Crippen LogP contribution >= 0.6 is 34.8 Å². The number of aromatic nitrogens is 2. The summed E-state index contributed by atoms with van der Waals surface area (Å²) in [6, 6.07) is 8.91. The zero-order chi connectivity index (χ0) is 24.2. The molecule has 0 aliphatic rings. The number of hydrogen-bond acceptors (Lipinski definition) is 3. The van der Waals surface area contributed by atoms with Crippen LogP contribution in [0.4, 0.5) is 13.2 Å². The standard InChI is InChI=1S/C24H18Cl3F3N2O/c1-14-8-16(2-5-20(24(28,29)30)17-9-18(25)11-19(26)10-17)13-32-23(14)21(33)6-3-15-4-7-22(27)31-12-15/h2,4-5,7-13,20H,3,6H2,1H3/b5-2+. The molecule has 172 valence electrons. The van der Waals surface area contributed by atoms with E-state index in [9.17, 15) is 18.0 Å². The van der Waals surface area contributed by atoms with Crippen LogP contribution in [-0.2, 0) is 6.42 Å². The Labute approximate surface area is 204 Å². The van der Waals surface area contributed by atoms with Crippen molar-refractivity contribution in [1.29, 1.82) is 0 Å². The molecule has 1 aromatic carbocycles. The van der Waals surface area contributed by atoms with Crippen LogP contribution in [0.15, 0.2) is 54.9 Å². The Morgan fingerprint density at radius 3 is 2.30 bits per heavy atom. The predicted octanol–water partition coefficient (Wildman–Crippen LogP) is 7.92. The fourth-order valence-corrected chi connectivity index (χ4v) is 3.94. The maximum absolute atomic E-state index is 13.7. The highest BCUT2D eigenvalue weighted by Gasteiger charge is 2.39. The van der Waals surface area contributed by atoms with Crippen LogP contribution in [0.3, 0.4) is 0 Å². The van der Waals surface area contributed by atoms with Crippen molar-refractivity contribution in [1.82, 2.24) is 9.97 Å². The first-order valence-corrected chi connectivity index (χ1v) is 11.0. The van der Waals surface area contributed by atoms with Gasteiger partial charge in [-0.2, -0.15) is 13.2 Å². The van der Waals surface area contributed by atoms with Crippen LogP contribution in [0.5, 0.6) is 0 Å². The normalized spacial score (nSPS) is 12.8. The minimum atomic E-state index is -4.54.